The van der Waals surface area contributed by atoms with Crippen LogP contribution in [-0.2, 0) is 13.0 Å². The summed E-state index contributed by atoms with van der Waals surface area (Å²) in [5.74, 6) is 0.933. The average molecular weight is 226 g/mol. The summed E-state index contributed by atoms with van der Waals surface area (Å²) in [7, 11) is 0. The second kappa shape index (κ2) is 4.17. The predicted octanol–water partition coefficient (Wildman–Crippen LogP) is 2.25. The Morgan fingerprint density at radius 2 is 1.94 bits per heavy atom. The number of aryl methyl sites for hydroxylation is 1. The lowest BCUT2D eigenvalue weighted by Gasteiger charge is -2.17. The molecule has 0 saturated carbocycles. The molecule has 1 aromatic carbocycles. The van der Waals surface area contributed by atoms with Crippen LogP contribution in [-0.4, -0.2) is 9.55 Å². The number of aromatic nitrogens is 2. The van der Waals surface area contributed by atoms with Crippen LogP contribution in [0.25, 0.3) is 11.3 Å². The van der Waals surface area contributed by atoms with Gasteiger partial charge in [-0.1, -0.05) is 30.3 Å². The van der Waals surface area contributed by atoms with Crippen molar-refractivity contribution < 1.29 is 0 Å². The molecule has 0 radical (unpaired) electrons. The lowest BCUT2D eigenvalue weighted by molar-refractivity contribution is 0.496. The van der Waals surface area contributed by atoms with Crippen molar-refractivity contribution in [2.24, 2.45) is 0 Å². The molecule has 1 aromatic heterocycles. The summed E-state index contributed by atoms with van der Waals surface area (Å²) in [5, 5.41) is 0. The highest BCUT2D eigenvalue weighted by Crippen LogP contribution is 2.17. The quantitative estimate of drug-likeness (QED) is 0.747. The number of benzene rings is 1. The molecule has 3 nitrogen and oxygen atoms in total. The molecule has 0 spiro atoms. The van der Waals surface area contributed by atoms with Gasteiger partial charge in [0.15, 0.2) is 0 Å². The van der Waals surface area contributed by atoms with Gasteiger partial charge in [0, 0.05) is 24.6 Å². The van der Waals surface area contributed by atoms with E-state index in [2.05, 4.69) is 4.98 Å². The van der Waals surface area contributed by atoms with Crippen LogP contribution >= 0.6 is 0 Å². The van der Waals surface area contributed by atoms with Gasteiger partial charge in [-0.25, -0.2) is 4.98 Å². The summed E-state index contributed by atoms with van der Waals surface area (Å²) in [6.07, 6.45) is 3.12. The van der Waals surface area contributed by atoms with Gasteiger partial charge in [0.05, 0.1) is 5.69 Å². The van der Waals surface area contributed by atoms with Crippen LogP contribution in [0.5, 0.6) is 0 Å². The van der Waals surface area contributed by atoms with Crippen molar-refractivity contribution in [3.63, 3.8) is 0 Å². The van der Waals surface area contributed by atoms with E-state index in [1.54, 1.807) is 10.6 Å². The second-order valence-electron chi connectivity index (χ2n) is 4.37. The van der Waals surface area contributed by atoms with E-state index in [1.807, 2.05) is 30.3 Å². The molecule has 3 rings (SSSR count). The Balaban J connectivity index is 2.14. The minimum Gasteiger partial charge on any atom is -0.297 e. The van der Waals surface area contributed by atoms with Crippen LogP contribution in [0.15, 0.2) is 41.2 Å². The first-order chi connectivity index (χ1) is 8.34. The maximum absolute atomic E-state index is 12.0. The standard InChI is InChI=1S/C14H14N2O/c17-14-10-12(11-6-2-1-3-7-11)15-13-8-4-5-9-16(13)14/h1-3,6-7,10H,4-5,8-9H2. The highest BCUT2D eigenvalue weighted by Gasteiger charge is 2.13. The van der Waals surface area contributed by atoms with Gasteiger partial charge in [-0.2, -0.15) is 0 Å². The van der Waals surface area contributed by atoms with Crippen LogP contribution in [0.2, 0.25) is 0 Å². The Hall–Kier alpha value is -1.90. The van der Waals surface area contributed by atoms with Crippen LogP contribution < -0.4 is 5.56 Å². The molecule has 86 valence electrons. The number of nitrogens with zero attached hydrogens (tertiary/aromatic N) is 2. The molecular formula is C14H14N2O. The first-order valence-corrected chi connectivity index (χ1v) is 6.01. The first kappa shape index (κ1) is 10.3. The lowest BCUT2D eigenvalue weighted by Crippen LogP contribution is -2.27. The molecule has 3 heteroatoms. The van der Waals surface area contributed by atoms with E-state index in [0.29, 0.717) is 0 Å². The fourth-order valence-corrected chi connectivity index (χ4v) is 2.29. The molecule has 0 bridgehead atoms. The zero-order valence-corrected chi connectivity index (χ0v) is 9.60. The molecule has 1 aliphatic heterocycles. The van der Waals surface area contributed by atoms with Crippen LogP contribution in [0.1, 0.15) is 18.7 Å². The molecule has 0 unspecified atom stereocenters. The number of rotatable bonds is 1. The highest BCUT2D eigenvalue weighted by molar-refractivity contribution is 5.58. The molecule has 2 heterocycles. The Labute approximate surface area is 99.8 Å². The zero-order valence-electron chi connectivity index (χ0n) is 9.60. The van der Waals surface area contributed by atoms with Gasteiger partial charge >= 0.3 is 0 Å². The summed E-state index contributed by atoms with van der Waals surface area (Å²) in [5.41, 5.74) is 1.89. The third kappa shape index (κ3) is 1.88. The van der Waals surface area contributed by atoms with E-state index in [1.165, 1.54) is 0 Å². The largest absolute Gasteiger partial charge is 0.297 e. The Bertz CT molecular complexity index is 587. The van der Waals surface area contributed by atoms with E-state index >= 15 is 0 Å². The predicted molar refractivity (Wildman–Crippen MR) is 66.9 cm³/mol. The first-order valence-electron chi connectivity index (χ1n) is 6.01. The van der Waals surface area contributed by atoms with Crippen molar-refractivity contribution in [1.29, 1.82) is 0 Å². The topological polar surface area (TPSA) is 34.9 Å². The van der Waals surface area contributed by atoms with Gasteiger partial charge < -0.3 is 0 Å². The molecule has 17 heavy (non-hydrogen) atoms. The maximum Gasteiger partial charge on any atom is 0.254 e. The van der Waals surface area contributed by atoms with Gasteiger partial charge in [-0.05, 0) is 12.8 Å². The molecule has 0 saturated heterocycles. The highest BCUT2D eigenvalue weighted by atomic mass is 16.1. The molecule has 0 fully saturated rings. The summed E-state index contributed by atoms with van der Waals surface area (Å²) < 4.78 is 1.80. The fraction of sp³-hybridized carbons (Fsp3) is 0.286. The monoisotopic (exact) mass is 226 g/mol. The van der Waals surface area contributed by atoms with E-state index in [0.717, 1.165) is 42.9 Å². The molecule has 0 N–H and O–H groups in total. The summed E-state index contributed by atoms with van der Waals surface area (Å²) >= 11 is 0. The van der Waals surface area contributed by atoms with E-state index in [9.17, 15) is 4.79 Å². The van der Waals surface area contributed by atoms with Crippen LogP contribution in [0.4, 0.5) is 0 Å². The van der Waals surface area contributed by atoms with E-state index in [4.69, 9.17) is 0 Å². The lowest BCUT2D eigenvalue weighted by atomic mass is 10.1. The molecule has 0 atom stereocenters. The Kier molecular flexibility index (Phi) is 2.52. The normalized spacial score (nSPS) is 14.4. The zero-order chi connectivity index (χ0) is 11.7. The Morgan fingerprint density at radius 1 is 1.12 bits per heavy atom. The minimum atomic E-state index is 0.0774. The number of hydrogen-bond donors (Lipinski definition) is 0. The van der Waals surface area contributed by atoms with Gasteiger partial charge in [0.1, 0.15) is 5.82 Å². The third-order valence-corrected chi connectivity index (χ3v) is 3.19. The van der Waals surface area contributed by atoms with E-state index in [-0.39, 0.29) is 5.56 Å². The van der Waals surface area contributed by atoms with Gasteiger partial charge in [-0.3, -0.25) is 9.36 Å². The van der Waals surface area contributed by atoms with Gasteiger partial charge in [-0.15, -0.1) is 0 Å². The molecule has 0 aliphatic carbocycles. The molecule has 1 aliphatic rings. The summed E-state index contributed by atoms with van der Waals surface area (Å²) in [4.78, 5) is 16.6. The maximum atomic E-state index is 12.0. The van der Waals surface area contributed by atoms with Crippen molar-refractivity contribution in [3.8, 4) is 11.3 Å². The second-order valence-corrected chi connectivity index (χ2v) is 4.37. The van der Waals surface area contributed by atoms with Crippen molar-refractivity contribution >= 4 is 0 Å². The minimum absolute atomic E-state index is 0.0774. The smallest absolute Gasteiger partial charge is 0.254 e. The van der Waals surface area contributed by atoms with Crippen molar-refractivity contribution in [2.45, 2.75) is 25.8 Å². The number of fused-ring (bicyclic) bond motifs is 1. The average Bonchev–Trinajstić information content (AvgIpc) is 2.40. The van der Waals surface area contributed by atoms with Crippen LogP contribution in [0.3, 0.4) is 0 Å². The van der Waals surface area contributed by atoms with Crippen molar-refractivity contribution in [3.05, 3.63) is 52.6 Å². The van der Waals surface area contributed by atoms with Crippen molar-refractivity contribution in [1.82, 2.24) is 9.55 Å². The SMILES string of the molecule is O=c1cc(-c2ccccc2)nc2n1CCCC2. The van der Waals surface area contributed by atoms with E-state index < -0.39 is 0 Å². The third-order valence-electron chi connectivity index (χ3n) is 3.19. The molecular weight excluding hydrogens is 212 g/mol. The van der Waals surface area contributed by atoms with Crippen LogP contribution in [0, 0.1) is 0 Å². The Morgan fingerprint density at radius 3 is 2.76 bits per heavy atom. The van der Waals surface area contributed by atoms with Crippen molar-refractivity contribution in [2.75, 3.05) is 0 Å². The fourth-order valence-electron chi connectivity index (χ4n) is 2.29. The van der Waals surface area contributed by atoms with Gasteiger partial charge in [0.25, 0.3) is 5.56 Å². The summed E-state index contributed by atoms with van der Waals surface area (Å²) in [6.45, 7) is 0.816. The molecule has 0 amide bonds. The number of hydrogen-bond acceptors (Lipinski definition) is 2. The summed E-state index contributed by atoms with van der Waals surface area (Å²) in [6, 6.07) is 11.5. The van der Waals surface area contributed by atoms with Gasteiger partial charge in [0.2, 0.25) is 0 Å². The molecule has 2 aromatic rings.